The zero-order chi connectivity index (χ0) is 12.6. The lowest BCUT2D eigenvalue weighted by molar-refractivity contribution is 0.141. The normalized spacial score (nSPS) is 11.2. The van der Waals surface area contributed by atoms with E-state index in [0.717, 1.165) is 0 Å². The third-order valence-electron chi connectivity index (χ3n) is 2.13. The lowest BCUT2D eigenvalue weighted by Gasteiger charge is -2.07. The fourth-order valence-corrected chi connectivity index (χ4v) is 2.40. The van der Waals surface area contributed by atoms with Crippen LogP contribution in [-0.4, -0.2) is 17.1 Å². The second-order valence-electron chi connectivity index (χ2n) is 3.18. The van der Waals surface area contributed by atoms with Gasteiger partial charge in [0.1, 0.15) is 10.9 Å². The van der Waals surface area contributed by atoms with E-state index in [1.807, 2.05) is 0 Å². The molecule has 90 valence electrons. The quantitative estimate of drug-likeness (QED) is 0.784. The number of methoxy groups -OCH3 is 1. The summed E-state index contributed by atoms with van der Waals surface area (Å²) in [5.41, 5.74) is 0.312. The highest BCUT2D eigenvalue weighted by molar-refractivity contribution is 9.10. The number of ether oxygens (including phenoxy) is 1. The van der Waals surface area contributed by atoms with Gasteiger partial charge in [0.2, 0.25) is 0 Å². The molecule has 0 atom stereocenters. The van der Waals surface area contributed by atoms with Crippen molar-refractivity contribution in [2.24, 2.45) is 0 Å². The van der Waals surface area contributed by atoms with E-state index in [1.165, 1.54) is 13.2 Å². The second-order valence-corrected chi connectivity index (χ2v) is 4.39. The highest BCUT2D eigenvalue weighted by atomic mass is 79.9. The molecule has 7 heteroatoms. The van der Waals surface area contributed by atoms with E-state index in [9.17, 15) is 8.78 Å². The fraction of sp³-hybridized carbons (Fsp3) is 0.200. The lowest BCUT2D eigenvalue weighted by Crippen LogP contribution is -1.97. The van der Waals surface area contributed by atoms with E-state index in [2.05, 4.69) is 25.9 Å². The number of nitrogens with zero attached hydrogens (tertiary/aromatic N) is 2. The molecule has 0 N–H and O–H groups in total. The van der Waals surface area contributed by atoms with E-state index in [1.54, 1.807) is 6.07 Å². The first-order chi connectivity index (χ1) is 8.02. The fourth-order valence-electron chi connectivity index (χ4n) is 1.38. The van der Waals surface area contributed by atoms with Crippen molar-refractivity contribution in [3.63, 3.8) is 0 Å². The van der Waals surface area contributed by atoms with Crippen LogP contribution in [0.1, 0.15) is 12.2 Å². The molecule has 0 bridgehead atoms. The zero-order valence-electron chi connectivity index (χ0n) is 8.55. The van der Waals surface area contributed by atoms with Crippen molar-refractivity contribution >= 4 is 38.4 Å². The molecule has 0 aliphatic rings. The summed E-state index contributed by atoms with van der Waals surface area (Å²) in [4.78, 5) is 7.30. The Morgan fingerprint density at radius 1 is 1.35 bits per heavy atom. The average Bonchev–Trinajstić information content (AvgIpc) is 2.27. The maximum Gasteiger partial charge on any atom is 0.297 e. The van der Waals surface area contributed by atoms with E-state index in [0.29, 0.717) is 21.1 Å². The molecule has 0 radical (unpaired) electrons. The maximum atomic E-state index is 12.5. The van der Waals surface area contributed by atoms with Crippen molar-refractivity contribution in [1.29, 1.82) is 0 Å². The SMILES string of the molecule is COc1cc(Br)c2c(Cl)nc(C(F)F)nc2c1. The topological polar surface area (TPSA) is 35.0 Å². The number of rotatable bonds is 2. The first-order valence-corrected chi connectivity index (χ1v) is 5.69. The number of aromatic nitrogens is 2. The third-order valence-corrected chi connectivity index (χ3v) is 3.03. The van der Waals surface area contributed by atoms with Gasteiger partial charge in [0, 0.05) is 10.5 Å². The summed E-state index contributed by atoms with van der Waals surface area (Å²) in [6, 6.07) is 3.19. The van der Waals surface area contributed by atoms with Crippen molar-refractivity contribution in [2.45, 2.75) is 6.43 Å². The van der Waals surface area contributed by atoms with Crippen LogP contribution in [0.25, 0.3) is 10.9 Å². The van der Waals surface area contributed by atoms with Crippen LogP contribution in [0.15, 0.2) is 16.6 Å². The second kappa shape index (κ2) is 4.70. The minimum absolute atomic E-state index is 0.0140. The molecular weight excluding hydrogens is 317 g/mol. The number of hydrogen-bond donors (Lipinski definition) is 0. The Labute approximate surface area is 109 Å². The molecule has 17 heavy (non-hydrogen) atoms. The van der Waals surface area contributed by atoms with Gasteiger partial charge in [-0.2, -0.15) is 0 Å². The van der Waals surface area contributed by atoms with Crippen molar-refractivity contribution in [1.82, 2.24) is 9.97 Å². The summed E-state index contributed by atoms with van der Waals surface area (Å²) in [6.45, 7) is 0. The van der Waals surface area contributed by atoms with Gasteiger partial charge in [0.25, 0.3) is 6.43 Å². The Bertz CT molecular complexity index is 580. The average molecular weight is 324 g/mol. The highest BCUT2D eigenvalue weighted by Crippen LogP contribution is 2.33. The van der Waals surface area contributed by atoms with Crippen molar-refractivity contribution in [3.8, 4) is 5.75 Å². The number of hydrogen-bond acceptors (Lipinski definition) is 3. The molecule has 3 nitrogen and oxygen atoms in total. The molecular formula is C10H6BrClF2N2O. The van der Waals surface area contributed by atoms with Gasteiger partial charge in [-0.1, -0.05) is 11.6 Å². The van der Waals surface area contributed by atoms with Crippen LogP contribution in [0, 0.1) is 0 Å². The van der Waals surface area contributed by atoms with Gasteiger partial charge in [-0.3, -0.25) is 0 Å². The number of alkyl halides is 2. The lowest BCUT2D eigenvalue weighted by atomic mass is 10.2. The Kier molecular flexibility index (Phi) is 3.44. The van der Waals surface area contributed by atoms with Crippen molar-refractivity contribution in [3.05, 3.63) is 27.6 Å². The minimum atomic E-state index is -2.76. The third kappa shape index (κ3) is 2.32. The van der Waals surface area contributed by atoms with Gasteiger partial charge >= 0.3 is 0 Å². The van der Waals surface area contributed by atoms with E-state index in [-0.39, 0.29) is 5.15 Å². The highest BCUT2D eigenvalue weighted by Gasteiger charge is 2.16. The summed E-state index contributed by atoms with van der Waals surface area (Å²) in [6.07, 6.45) is -2.76. The van der Waals surface area contributed by atoms with Crippen LogP contribution < -0.4 is 4.74 Å². The number of fused-ring (bicyclic) bond motifs is 1. The van der Waals surface area contributed by atoms with Crippen LogP contribution in [-0.2, 0) is 0 Å². The molecule has 0 saturated heterocycles. The van der Waals surface area contributed by atoms with Gasteiger partial charge in [0.15, 0.2) is 5.82 Å². The summed E-state index contributed by atoms with van der Waals surface area (Å²) in [5.74, 6) is -0.0954. The van der Waals surface area contributed by atoms with Crippen LogP contribution in [0.4, 0.5) is 8.78 Å². The van der Waals surface area contributed by atoms with E-state index in [4.69, 9.17) is 16.3 Å². The molecule has 2 aromatic rings. The number of benzene rings is 1. The van der Waals surface area contributed by atoms with Crippen LogP contribution in [0.2, 0.25) is 5.15 Å². The molecule has 0 unspecified atom stereocenters. The molecule has 0 spiro atoms. The molecule has 1 aromatic carbocycles. The monoisotopic (exact) mass is 322 g/mol. The van der Waals surface area contributed by atoms with Gasteiger partial charge in [-0.25, -0.2) is 18.7 Å². The minimum Gasteiger partial charge on any atom is -0.497 e. The van der Waals surface area contributed by atoms with Gasteiger partial charge < -0.3 is 4.74 Å². The number of halogens is 4. The van der Waals surface area contributed by atoms with Crippen LogP contribution in [0.3, 0.4) is 0 Å². The van der Waals surface area contributed by atoms with Crippen molar-refractivity contribution in [2.75, 3.05) is 7.11 Å². The Balaban J connectivity index is 2.77. The smallest absolute Gasteiger partial charge is 0.297 e. The molecule has 0 fully saturated rings. The van der Waals surface area contributed by atoms with Crippen LogP contribution in [0.5, 0.6) is 5.75 Å². The van der Waals surface area contributed by atoms with E-state index >= 15 is 0 Å². The molecule has 0 saturated carbocycles. The zero-order valence-corrected chi connectivity index (χ0v) is 10.9. The largest absolute Gasteiger partial charge is 0.497 e. The molecule has 2 rings (SSSR count). The van der Waals surface area contributed by atoms with Gasteiger partial charge in [-0.05, 0) is 22.0 Å². The molecule has 0 aliphatic carbocycles. The molecule has 0 aliphatic heterocycles. The summed E-state index contributed by atoms with van der Waals surface area (Å²) >= 11 is 9.12. The maximum absolute atomic E-state index is 12.5. The molecule has 1 aromatic heterocycles. The molecule has 1 heterocycles. The summed E-state index contributed by atoms with van der Waals surface area (Å²) < 4.78 is 30.7. The Morgan fingerprint density at radius 3 is 2.65 bits per heavy atom. The predicted octanol–water partition coefficient (Wildman–Crippen LogP) is 3.99. The van der Waals surface area contributed by atoms with Crippen LogP contribution >= 0.6 is 27.5 Å². The summed E-state index contributed by atoms with van der Waals surface area (Å²) in [5, 5.41) is 0.469. The van der Waals surface area contributed by atoms with E-state index < -0.39 is 12.2 Å². The standard InChI is InChI=1S/C10H6BrClF2N2O/c1-17-4-2-5(11)7-6(3-4)15-10(9(13)14)16-8(7)12/h2-3,9H,1H3. The van der Waals surface area contributed by atoms with Crippen molar-refractivity contribution < 1.29 is 13.5 Å². The first-order valence-electron chi connectivity index (χ1n) is 4.51. The summed E-state index contributed by atoms with van der Waals surface area (Å²) in [7, 11) is 1.48. The van der Waals surface area contributed by atoms with Gasteiger partial charge in [-0.15, -0.1) is 0 Å². The Hall–Kier alpha value is -1.01. The Morgan fingerprint density at radius 2 is 2.06 bits per heavy atom. The predicted molar refractivity (Wildman–Crippen MR) is 63.8 cm³/mol. The molecule has 0 amide bonds. The first kappa shape index (κ1) is 12.4. The van der Waals surface area contributed by atoms with Gasteiger partial charge in [0.05, 0.1) is 18.0 Å².